The molecule has 1 amide bonds. The quantitative estimate of drug-likeness (QED) is 0.654. The molecule has 1 aliphatic rings. The Hall–Kier alpha value is -0.650. The first-order valence-electron chi connectivity index (χ1n) is 8.12. The molecule has 0 aromatic heterocycles. The summed E-state index contributed by atoms with van der Waals surface area (Å²) in [7, 11) is 4.06. The van der Waals surface area contributed by atoms with Gasteiger partial charge in [-0.05, 0) is 32.4 Å². The van der Waals surface area contributed by atoms with E-state index in [4.69, 9.17) is 4.74 Å². The van der Waals surface area contributed by atoms with Crippen LogP contribution in [0.1, 0.15) is 34.1 Å². The Bertz CT molecular complexity index is 319. The third kappa shape index (κ3) is 5.93. The molecule has 21 heavy (non-hydrogen) atoms. The minimum Gasteiger partial charge on any atom is -0.378 e. The zero-order valence-electron chi connectivity index (χ0n) is 14.6. The van der Waals surface area contributed by atoms with E-state index in [0.717, 1.165) is 13.0 Å². The van der Waals surface area contributed by atoms with E-state index in [1.54, 1.807) is 0 Å². The first kappa shape index (κ1) is 18.4. The van der Waals surface area contributed by atoms with Crippen LogP contribution < -0.4 is 5.32 Å². The van der Waals surface area contributed by atoms with Crippen LogP contribution in [0.3, 0.4) is 0 Å². The van der Waals surface area contributed by atoms with Crippen molar-refractivity contribution >= 4 is 5.91 Å². The predicted octanol–water partition coefficient (Wildman–Crippen LogP) is 1.39. The molecule has 5 nitrogen and oxygen atoms in total. The summed E-state index contributed by atoms with van der Waals surface area (Å²) in [5, 5.41) is 3.49. The van der Waals surface area contributed by atoms with Gasteiger partial charge < -0.3 is 14.5 Å². The maximum atomic E-state index is 12.5. The second-order valence-corrected chi connectivity index (χ2v) is 6.98. The van der Waals surface area contributed by atoms with E-state index in [1.807, 2.05) is 19.0 Å². The number of carbonyl (C=O) groups excluding carboxylic acids is 1. The van der Waals surface area contributed by atoms with Gasteiger partial charge >= 0.3 is 0 Å². The van der Waals surface area contributed by atoms with E-state index >= 15 is 0 Å². The average Bonchev–Trinajstić information content (AvgIpc) is 2.66. The SMILES string of the molecule is CC(C)CC1NC(C(C)C)N(CCOCCN(C)C)C1=O. The fraction of sp³-hybridized carbons (Fsp3) is 0.938. The molecular formula is C16H33N3O2. The van der Waals surface area contributed by atoms with Gasteiger partial charge in [0.15, 0.2) is 0 Å². The van der Waals surface area contributed by atoms with E-state index in [-0.39, 0.29) is 18.1 Å². The van der Waals surface area contributed by atoms with E-state index in [2.05, 4.69) is 37.9 Å². The van der Waals surface area contributed by atoms with Crippen LogP contribution in [0.4, 0.5) is 0 Å². The highest BCUT2D eigenvalue weighted by Gasteiger charge is 2.39. The molecule has 5 heteroatoms. The van der Waals surface area contributed by atoms with Crippen LogP contribution in [0, 0.1) is 11.8 Å². The van der Waals surface area contributed by atoms with Gasteiger partial charge in [0.1, 0.15) is 0 Å². The second-order valence-electron chi connectivity index (χ2n) is 6.98. The number of carbonyl (C=O) groups is 1. The second kappa shape index (κ2) is 8.71. The van der Waals surface area contributed by atoms with Gasteiger partial charge in [-0.25, -0.2) is 0 Å². The van der Waals surface area contributed by atoms with Crippen LogP contribution in [0.2, 0.25) is 0 Å². The molecule has 0 aliphatic carbocycles. The molecule has 2 unspecified atom stereocenters. The summed E-state index contributed by atoms with van der Waals surface area (Å²) in [5.74, 6) is 1.17. The third-order valence-electron chi connectivity index (χ3n) is 3.79. The molecule has 1 saturated heterocycles. The lowest BCUT2D eigenvalue weighted by Gasteiger charge is -2.27. The van der Waals surface area contributed by atoms with Crippen molar-refractivity contribution in [1.82, 2.24) is 15.1 Å². The highest BCUT2D eigenvalue weighted by molar-refractivity contribution is 5.84. The first-order chi connectivity index (χ1) is 9.82. The zero-order chi connectivity index (χ0) is 16.0. The monoisotopic (exact) mass is 299 g/mol. The van der Waals surface area contributed by atoms with Crippen molar-refractivity contribution in [2.45, 2.75) is 46.3 Å². The van der Waals surface area contributed by atoms with Gasteiger partial charge in [-0.15, -0.1) is 0 Å². The normalized spacial score (nSPS) is 23.1. The van der Waals surface area contributed by atoms with Gasteiger partial charge in [0.2, 0.25) is 5.91 Å². The molecule has 0 aromatic carbocycles. The lowest BCUT2D eigenvalue weighted by Crippen LogP contribution is -2.43. The van der Waals surface area contributed by atoms with Crippen molar-refractivity contribution in [3.63, 3.8) is 0 Å². The third-order valence-corrected chi connectivity index (χ3v) is 3.79. The van der Waals surface area contributed by atoms with Crippen LogP contribution in [-0.2, 0) is 9.53 Å². The molecule has 1 N–H and O–H groups in total. The summed E-state index contributed by atoms with van der Waals surface area (Å²) >= 11 is 0. The average molecular weight is 299 g/mol. The Kier molecular flexibility index (Phi) is 7.63. The Morgan fingerprint density at radius 1 is 1.24 bits per heavy atom. The van der Waals surface area contributed by atoms with Crippen molar-refractivity contribution in [2.75, 3.05) is 40.4 Å². The Morgan fingerprint density at radius 3 is 2.43 bits per heavy atom. The fourth-order valence-corrected chi connectivity index (χ4v) is 2.66. The molecule has 0 radical (unpaired) electrons. The number of nitrogens with zero attached hydrogens (tertiary/aromatic N) is 2. The van der Waals surface area contributed by atoms with Crippen molar-refractivity contribution < 1.29 is 9.53 Å². The summed E-state index contributed by atoms with van der Waals surface area (Å²) in [6, 6.07) is -0.0285. The number of amides is 1. The molecule has 1 heterocycles. The number of hydrogen-bond acceptors (Lipinski definition) is 4. The Labute approximate surface area is 130 Å². The fourth-order valence-electron chi connectivity index (χ4n) is 2.66. The number of nitrogens with one attached hydrogen (secondary N) is 1. The summed E-state index contributed by atoms with van der Waals surface area (Å²) in [5.41, 5.74) is 0. The molecule has 0 aromatic rings. The molecule has 0 bridgehead atoms. The van der Waals surface area contributed by atoms with Crippen molar-refractivity contribution in [3.05, 3.63) is 0 Å². The van der Waals surface area contributed by atoms with E-state index < -0.39 is 0 Å². The summed E-state index contributed by atoms with van der Waals surface area (Å²) in [4.78, 5) is 16.6. The van der Waals surface area contributed by atoms with Crippen LogP contribution in [0.5, 0.6) is 0 Å². The maximum Gasteiger partial charge on any atom is 0.241 e. The predicted molar refractivity (Wildman–Crippen MR) is 86.1 cm³/mol. The zero-order valence-corrected chi connectivity index (χ0v) is 14.6. The van der Waals surface area contributed by atoms with Gasteiger partial charge in [0, 0.05) is 13.1 Å². The van der Waals surface area contributed by atoms with Gasteiger partial charge in [0.25, 0.3) is 0 Å². The van der Waals surface area contributed by atoms with Crippen LogP contribution in [0.15, 0.2) is 0 Å². The van der Waals surface area contributed by atoms with Gasteiger partial charge in [-0.1, -0.05) is 27.7 Å². The molecule has 2 atom stereocenters. The molecule has 1 rings (SSSR count). The minimum absolute atomic E-state index is 0.0285. The Morgan fingerprint density at radius 2 is 1.90 bits per heavy atom. The van der Waals surface area contributed by atoms with Crippen molar-refractivity contribution in [1.29, 1.82) is 0 Å². The van der Waals surface area contributed by atoms with Gasteiger partial charge in [-0.3, -0.25) is 10.1 Å². The highest BCUT2D eigenvalue weighted by Crippen LogP contribution is 2.21. The van der Waals surface area contributed by atoms with E-state index in [9.17, 15) is 4.79 Å². The van der Waals surface area contributed by atoms with Crippen LogP contribution in [-0.4, -0.2) is 68.3 Å². The molecule has 0 saturated carbocycles. The number of rotatable bonds is 9. The smallest absolute Gasteiger partial charge is 0.241 e. The molecule has 0 spiro atoms. The van der Waals surface area contributed by atoms with Crippen LogP contribution >= 0.6 is 0 Å². The van der Waals surface area contributed by atoms with Gasteiger partial charge in [-0.2, -0.15) is 0 Å². The standard InChI is InChI=1S/C16H33N3O2/c1-12(2)11-14-16(20)19(15(17-14)13(3)4)8-10-21-9-7-18(5)6/h12-15,17H,7-11H2,1-6H3. The maximum absolute atomic E-state index is 12.5. The summed E-state index contributed by atoms with van der Waals surface area (Å²) in [6.45, 7) is 11.5. The van der Waals surface area contributed by atoms with E-state index in [0.29, 0.717) is 31.6 Å². The van der Waals surface area contributed by atoms with E-state index in [1.165, 1.54) is 0 Å². The minimum atomic E-state index is -0.0285. The number of hydrogen-bond donors (Lipinski definition) is 1. The topological polar surface area (TPSA) is 44.8 Å². The molecule has 1 fully saturated rings. The summed E-state index contributed by atoms with van der Waals surface area (Å²) in [6.07, 6.45) is 1.04. The largest absolute Gasteiger partial charge is 0.378 e. The first-order valence-corrected chi connectivity index (χ1v) is 8.12. The van der Waals surface area contributed by atoms with Crippen molar-refractivity contribution in [3.8, 4) is 0 Å². The lowest BCUT2D eigenvalue weighted by molar-refractivity contribution is -0.131. The molecule has 124 valence electrons. The lowest BCUT2D eigenvalue weighted by atomic mass is 10.0. The number of ether oxygens (including phenoxy) is 1. The molecule has 1 aliphatic heterocycles. The van der Waals surface area contributed by atoms with Crippen LogP contribution in [0.25, 0.3) is 0 Å². The van der Waals surface area contributed by atoms with Crippen molar-refractivity contribution in [2.24, 2.45) is 11.8 Å². The summed E-state index contributed by atoms with van der Waals surface area (Å²) < 4.78 is 5.64. The number of likely N-dealkylation sites (N-methyl/N-ethyl adjacent to an activating group) is 1. The Balaban J connectivity index is 2.46. The molecular weight excluding hydrogens is 266 g/mol. The van der Waals surface area contributed by atoms with Gasteiger partial charge in [0.05, 0.1) is 25.4 Å². The highest BCUT2D eigenvalue weighted by atomic mass is 16.5.